The van der Waals surface area contributed by atoms with Gasteiger partial charge >= 0.3 is 5.97 Å². The molecule has 1 atom stereocenters. The van der Waals surface area contributed by atoms with E-state index >= 15 is 0 Å². The summed E-state index contributed by atoms with van der Waals surface area (Å²) >= 11 is 0. The largest absolute Gasteiger partial charge is 0.458 e. The summed E-state index contributed by atoms with van der Waals surface area (Å²) in [6, 6.07) is 4.34. The Morgan fingerprint density at radius 1 is 1.25 bits per heavy atom. The standard InChI is InChI=1S/C23H22FN3O5/c1-3-23(31)14-8-17-19-18(9-27(17)21(29)13(14)10-32-22(23)30)26(5-4-25)16-6-11(2)15(24)7-12(16)20(19)28/h6-8,31H,3-5,9-10,25H2,1-2H3/t23-/m0/s1. The number of aliphatic hydroxyl groups is 1. The molecule has 0 radical (unpaired) electrons. The van der Waals surface area contributed by atoms with Crippen molar-refractivity contribution >= 4 is 16.9 Å². The van der Waals surface area contributed by atoms with Gasteiger partial charge in [-0.1, -0.05) is 6.92 Å². The van der Waals surface area contributed by atoms with Gasteiger partial charge in [-0.25, -0.2) is 9.18 Å². The molecule has 0 saturated carbocycles. The van der Waals surface area contributed by atoms with Gasteiger partial charge in [0, 0.05) is 24.0 Å². The van der Waals surface area contributed by atoms with Crippen molar-refractivity contribution in [1.82, 2.24) is 9.13 Å². The summed E-state index contributed by atoms with van der Waals surface area (Å²) in [4.78, 5) is 39.1. The third-order valence-electron chi connectivity index (χ3n) is 6.61. The summed E-state index contributed by atoms with van der Waals surface area (Å²) in [6.45, 7) is 3.76. The van der Waals surface area contributed by atoms with E-state index in [9.17, 15) is 23.9 Å². The number of aromatic nitrogens is 2. The Hall–Kier alpha value is -3.30. The SMILES string of the molecule is CC[C@@]1(O)C(=O)OCc2c1cc1n(c2=O)Cc2c-1c(=O)c1cc(F)c(C)cc1n2CCN. The second-order valence-corrected chi connectivity index (χ2v) is 8.31. The molecule has 2 aliphatic heterocycles. The molecule has 166 valence electrons. The van der Waals surface area contributed by atoms with Gasteiger partial charge in [0.1, 0.15) is 12.4 Å². The fourth-order valence-corrected chi connectivity index (χ4v) is 4.84. The van der Waals surface area contributed by atoms with Crippen LogP contribution in [0.4, 0.5) is 4.39 Å². The van der Waals surface area contributed by atoms with Crippen molar-refractivity contribution in [2.75, 3.05) is 6.54 Å². The van der Waals surface area contributed by atoms with Gasteiger partial charge in [0.25, 0.3) is 5.56 Å². The van der Waals surface area contributed by atoms with Crippen LogP contribution in [0.3, 0.4) is 0 Å². The summed E-state index contributed by atoms with van der Waals surface area (Å²) in [5.41, 5.74) is 5.44. The van der Waals surface area contributed by atoms with Crippen LogP contribution in [0.2, 0.25) is 0 Å². The molecule has 9 heteroatoms. The van der Waals surface area contributed by atoms with Gasteiger partial charge in [-0.3, -0.25) is 9.59 Å². The molecule has 0 unspecified atom stereocenters. The Bertz CT molecular complexity index is 1460. The van der Waals surface area contributed by atoms with E-state index in [2.05, 4.69) is 0 Å². The lowest BCUT2D eigenvalue weighted by molar-refractivity contribution is -0.172. The number of pyridine rings is 2. The Balaban J connectivity index is 1.90. The van der Waals surface area contributed by atoms with Crippen molar-refractivity contribution in [3.63, 3.8) is 0 Å². The van der Waals surface area contributed by atoms with E-state index in [1.807, 2.05) is 4.57 Å². The van der Waals surface area contributed by atoms with Crippen LogP contribution in [-0.2, 0) is 34.8 Å². The average Bonchev–Trinajstić information content (AvgIpc) is 3.16. The van der Waals surface area contributed by atoms with Gasteiger partial charge in [-0.15, -0.1) is 0 Å². The van der Waals surface area contributed by atoms with E-state index in [4.69, 9.17) is 10.5 Å². The molecule has 0 aliphatic carbocycles. The number of esters is 1. The van der Waals surface area contributed by atoms with Gasteiger partial charge in [-0.05, 0) is 37.1 Å². The zero-order valence-electron chi connectivity index (χ0n) is 17.7. The molecule has 0 amide bonds. The number of rotatable bonds is 3. The fourth-order valence-electron chi connectivity index (χ4n) is 4.84. The van der Waals surface area contributed by atoms with Crippen LogP contribution in [0.1, 0.15) is 35.7 Å². The van der Waals surface area contributed by atoms with Crippen molar-refractivity contribution < 1.29 is 19.0 Å². The first kappa shape index (κ1) is 20.6. The number of aryl methyl sites for hydroxylation is 1. The van der Waals surface area contributed by atoms with Crippen molar-refractivity contribution in [2.24, 2.45) is 5.73 Å². The number of cyclic esters (lactones) is 1. The number of carbonyl (C=O) groups is 1. The average molecular weight is 439 g/mol. The second kappa shape index (κ2) is 6.85. The summed E-state index contributed by atoms with van der Waals surface area (Å²) in [5.74, 6) is -1.33. The smallest absolute Gasteiger partial charge is 0.343 e. The first-order chi connectivity index (χ1) is 15.2. The van der Waals surface area contributed by atoms with E-state index in [-0.39, 0.29) is 48.2 Å². The molecule has 2 aromatic heterocycles. The molecule has 4 heterocycles. The molecule has 0 bridgehead atoms. The Labute approximate surface area is 181 Å². The molecule has 8 nitrogen and oxygen atoms in total. The molecule has 3 N–H and O–H groups in total. The number of halogens is 1. The van der Waals surface area contributed by atoms with Crippen molar-refractivity contribution in [3.05, 3.63) is 67.0 Å². The highest BCUT2D eigenvalue weighted by Crippen LogP contribution is 2.38. The number of carbonyl (C=O) groups excluding carboxylic acids is 1. The van der Waals surface area contributed by atoms with Gasteiger partial charge in [-0.2, -0.15) is 0 Å². The Morgan fingerprint density at radius 2 is 2.00 bits per heavy atom. The van der Waals surface area contributed by atoms with Crippen molar-refractivity contribution in [2.45, 2.75) is 45.6 Å². The lowest BCUT2D eigenvalue weighted by Crippen LogP contribution is -2.44. The number of fused-ring (bicyclic) bond motifs is 5. The Morgan fingerprint density at radius 3 is 2.69 bits per heavy atom. The topological polar surface area (TPSA) is 117 Å². The maximum atomic E-state index is 14.4. The summed E-state index contributed by atoms with van der Waals surface area (Å²) in [6.07, 6.45) is 0.00813. The van der Waals surface area contributed by atoms with Crippen LogP contribution >= 0.6 is 0 Å². The molecule has 5 rings (SSSR count). The van der Waals surface area contributed by atoms with E-state index in [1.165, 1.54) is 16.7 Å². The highest BCUT2D eigenvalue weighted by molar-refractivity contribution is 5.88. The minimum Gasteiger partial charge on any atom is -0.458 e. The first-order valence-electron chi connectivity index (χ1n) is 10.5. The number of nitrogens with zero attached hydrogens (tertiary/aromatic N) is 2. The number of benzene rings is 1. The van der Waals surface area contributed by atoms with Crippen LogP contribution < -0.4 is 16.7 Å². The van der Waals surface area contributed by atoms with Crippen LogP contribution in [0.15, 0.2) is 27.8 Å². The fraction of sp³-hybridized carbons (Fsp3) is 0.348. The number of ether oxygens (including phenoxy) is 1. The summed E-state index contributed by atoms with van der Waals surface area (Å²) in [7, 11) is 0. The zero-order chi connectivity index (χ0) is 22.9. The molecule has 0 spiro atoms. The van der Waals surface area contributed by atoms with Crippen molar-refractivity contribution in [3.8, 4) is 11.3 Å². The summed E-state index contributed by atoms with van der Waals surface area (Å²) < 4.78 is 22.7. The third-order valence-corrected chi connectivity index (χ3v) is 6.61. The van der Waals surface area contributed by atoms with Crippen LogP contribution in [-0.4, -0.2) is 26.8 Å². The molecular formula is C23H22FN3O5. The molecular weight excluding hydrogens is 417 g/mol. The van der Waals surface area contributed by atoms with Gasteiger partial charge in [0.15, 0.2) is 11.0 Å². The lowest BCUT2D eigenvalue weighted by atomic mass is 9.85. The minimum atomic E-state index is -1.97. The van der Waals surface area contributed by atoms with E-state index < -0.39 is 28.4 Å². The molecule has 0 saturated heterocycles. The van der Waals surface area contributed by atoms with Crippen LogP contribution in [0, 0.1) is 12.7 Å². The number of hydrogen-bond acceptors (Lipinski definition) is 6. The number of nitrogens with two attached hydrogens (primary N) is 1. The molecule has 0 fully saturated rings. The second-order valence-electron chi connectivity index (χ2n) is 8.31. The maximum Gasteiger partial charge on any atom is 0.343 e. The predicted octanol–water partition coefficient (Wildman–Crippen LogP) is 1.25. The van der Waals surface area contributed by atoms with E-state index in [0.717, 1.165) is 0 Å². The monoisotopic (exact) mass is 439 g/mol. The molecule has 2 aliphatic rings. The van der Waals surface area contributed by atoms with Gasteiger partial charge in [0.05, 0.1) is 34.6 Å². The van der Waals surface area contributed by atoms with Crippen LogP contribution in [0.25, 0.3) is 22.2 Å². The number of hydrogen-bond donors (Lipinski definition) is 2. The highest BCUT2D eigenvalue weighted by atomic mass is 19.1. The predicted molar refractivity (Wildman–Crippen MR) is 115 cm³/mol. The van der Waals surface area contributed by atoms with Crippen molar-refractivity contribution in [1.29, 1.82) is 0 Å². The van der Waals surface area contributed by atoms with Crippen LogP contribution in [0.5, 0.6) is 0 Å². The van der Waals surface area contributed by atoms with E-state index in [1.54, 1.807) is 19.9 Å². The minimum absolute atomic E-state index is 0.00813. The maximum absolute atomic E-state index is 14.4. The first-order valence-corrected chi connectivity index (χ1v) is 10.5. The highest BCUT2D eigenvalue weighted by Gasteiger charge is 2.45. The quantitative estimate of drug-likeness (QED) is 0.464. The zero-order valence-corrected chi connectivity index (χ0v) is 17.7. The normalized spacial score (nSPS) is 19.0. The molecule has 32 heavy (non-hydrogen) atoms. The molecule has 3 aromatic rings. The van der Waals surface area contributed by atoms with Gasteiger partial charge < -0.3 is 24.7 Å². The van der Waals surface area contributed by atoms with E-state index in [0.29, 0.717) is 29.0 Å². The third kappa shape index (κ3) is 2.52. The van der Waals surface area contributed by atoms with Gasteiger partial charge in [0.2, 0.25) is 0 Å². The summed E-state index contributed by atoms with van der Waals surface area (Å²) in [5, 5.41) is 11.2. The molecule has 1 aromatic carbocycles. The lowest BCUT2D eigenvalue weighted by Gasteiger charge is -2.31. The Kier molecular flexibility index (Phi) is 4.41.